The average molecular weight is 577 g/mol. The van der Waals surface area contributed by atoms with Crippen LogP contribution < -0.4 is 17.0 Å². The van der Waals surface area contributed by atoms with E-state index in [1.54, 1.807) is 4.57 Å². The minimum absolute atomic E-state index is 0.00726. The molecule has 0 saturated heterocycles. The van der Waals surface area contributed by atoms with Crippen molar-refractivity contribution < 1.29 is 19.1 Å². The number of H-pyrrole nitrogens is 1. The van der Waals surface area contributed by atoms with Crippen molar-refractivity contribution >= 4 is 29.1 Å². The third kappa shape index (κ3) is 12.6. The summed E-state index contributed by atoms with van der Waals surface area (Å²) in [5, 5.41) is 0. The van der Waals surface area contributed by atoms with E-state index in [0.29, 0.717) is 25.0 Å². The van der Waals surface area contributed by atoms with Crippen LogP contribution in [0.4, 0.5) is 5.95 Å². The zero-order valence-electron chi connectivity index (χ0n) is 25.4. The summed E-state index contributed by atoms with van der Waals surface area (Å²) in [7, 11) is 0. The maximum Gasteiger partial charge on any atom is 0.323 e. The molecule has 0 bridgehead atoms. The topological polar surface area (TPSA) is 168 Å². The van der Waals surface area contributed by atoms with Gasteiger partial charge in [0.1, 0.15) is 6.04 Å². The molecule has 2 heterocycles. The predicted octanol–water partition coefficient (Wildman–Crippen LogP) is 4.87. The van der Waals surface area contributed by atoms with Crippen molar-refractivity contribution in [1.82, 2.24) is 19.5 Å². The molecule has 2 aromatic heterocycles. The molecular weight excluding hydrogens is 524 g/mol. The molecule has 0 amide bonds. The first-order valence-electron chi connectivity index (χ1n) is 15.5. The van der Waals surface area contributed by atoms with Gasteiger partial charge < -0.3 is 25.5 Å². The second-order valence-corrected chi connectivity index (χ2v) is 11.2. The van der Waals surface area contributed by atoms with Crippen LogP contribution in [0.3, 0.4) is 0 Å². The smallest absolute Gasteiger partial charge is 0.323 e. The minimum Gasteiger partial charge on any atom is -0.465 e. The van der Waals surface area contributed by atoms with Gasteiger partial charge in [-0.3, -0.25) is 19.4 Å². The van der Waals surface area contributed by atoms with Gasteiger partial charge in [0.2, 0.25) is 5.95 Å². The molecular formula is C30H52N6O5. The summed E-state index contributed by atoms with van der Waals surface area (Å²) in [6, 6.07) is -0.682. The molecule has 11 nitrogen and oxygen atoms in total. The highest BCUT2D eigenvalue weighted by atomic mass is 16.5. The zero-order valence-corrected chi connectivity index (χ0v) is 25.4. The van der Waals surface area contributed by atoms with Gasteiger partial charge in [-0.05, 0) is 18.8 Å². The first kappa shape index (κ1) is 34.3. The molecule has 3 atom stereocenters. The molecule has 0 aliphatic carbocycles. The van der Waals surface area contributed by atoms with Crippen LogP contribution in [0.25, 0.3) is 11.2 Å². The number of aromatic nitrogens is 4. The van der Waals surface area contributed by atoms with Crippen molar-refractivity contribution in [3.05, 3.63) is 16.7 Å². The number of nitrogen functional groups attached to an aromatic ring is 1. The Balaban J connectivity index is 1.82. The van der Waals surface area contributed by atoms with Gasteiger partial charge >= 0.3 is 11.9 Å². The van der Waals surface area contributed by atoms with Crippen LogP contribution in [0.2, 0.25) is 0 Å². The number of hydrogen-bond donors (Lipinski definition) is 3. The summed E-state index contributed by atoms with van der Waals surface area (Å²) >= 11 is 0. The van der Waals surface area contributed by atoms with Crippen molar-refractivity contribution in [1.29, 1.82) is 0 Å². The van der Waals surface area contributed by atoms with Crippen LogP contribution >= 0.6 is 0 Å². The first-order chi connectivity index (χ1) is 19.8. The van der Waals surface area contributed by atoms with Crippen LogP contribution in [0.5, 0.6) is 0 Å². The second kappa shape index (κ2) is 19.2. The molecule has 0 spiro atoms. The van der Waals surface area contributed by atoms with Crippen LogP contribution in [-0.2, 0) is 25.6 Å². The summed E-state index contributed by atoms with van der Waals surface area (Å²) in [5.74, 6) is -0.880. The quantitative estimate of drug-likeness (QED) is 0.131. The number of carbonyl (C=O) groups is 2. The second-order valence-electron chi connectivity index (χ2n) is 11.2. The van der Waals surface area contributed by atoms with Crippen molar-refractivity contribution in [3.63, 3.8) is 0 Å². The molecule has 0 saturated carbocycles. The lowest BCUT2D eigenvalue weighted by Gasteiger charge is -2.20. The fourth-order valence-corrected chi connectivity index (χ4v) is 4.74. The number of unbranched alkanes of at least 4 members (excludes halogenated alkanes) is 10. The van der Waals surface area contributed by atoms with E-state index >= 15 is 0 Å². The molecule has 11 heteroatoms. The lowest BCUT2D eigenvalue weighted by atomic mass is 10.0. The van der Waals surface area contributed by atoms with E-state index in [1.165, 1.54) is 57.7 Å². The number of fused-ring (bicyclic) bond motifs is 1. The number of imidazole rings is 1. The molecule has 5 N–H and O–H groups in total. The van der Waals surface area contributed by atoms with Crippen molar-refractivity contribution in [2.24, 2.45) is 17.6 Å². The number of nitrogens with zero attached hydrogens (tertiary/aromatic N) is 3. The molecule has 41 heavy (non-hydrogen) atoms. The lowest BCUT2D eigenvalue weighted by Crippen LogP contribution is -2.38. The number of rotatable bonds is 22. The van der Waals surface area contributed by atoms with Crippen molar-refractivity contribution in [2.45, 2.75) is 123 Å². The molecule has 0 aliphatic heterocycles. The normalized spacial score (nSPS) is 13.7. The lowest BCUT2D eigenvalue weighted by molar-refractivity contribution is -0.149. The van der Waals surface area contributed by atoms with E-state index in [0.717, 1.165) is 25.7 Å². The molecule has 2 aromatic rings. The molecule has 0 radical (unpaired) electrons. The number of aromatic amines is 1. The van der Waals surface area contributed by atoms with E-state index < -0.39 is 17.6 Å². The van der Waals surface area contributed by atoms with Crippen LogP contribution in [0, 0.1) is 11.8 Å². The van der Waals surface area contributed by atoms with Crippen LogP contribution in [-0.4, -0.2) is 50.7 Å². The van der Waals surface area contributed by atoms with Gasteiger partial charge in [-0.1, -0.05) is 91.4 Å². The van der Waals surface area contributed by atoms with E-state index in [-0.39, 0.29) is 42.5 Å². The standard InChI is InChI=1S/C30H52N6O5/c1-4-6-7-8-9-10-11-12-13-14-15-16-24(37)41-20-23(17-18-40-29(39)25(31)22(3)5-2)19-36-21-33-26-27(36)34-30(32)35-28(26)38/h21-23,25H,4-20,31H2,1-3H3,(H3,32,34,35,38)/t22-,23?,25-/m0/s1. The van der Waals surface area contributed by atoms with Gasteiger partial charge in [0.15, 0.2) is 11.2 Å². The Morgan fingerprint density at radius 1 is 1.00 bits per heavy atom. The third-order valence-corrected chi connectivity index (χ3v) is 7.71. The van der Waals surface area contributed by atoms with E-state index in [2.05, 4.69) is 21.9 Å². The number of esters is 2. The summed E-state index contributed by atoms with van der Waals surface area (Å²) < 4.78 is 12.8. The Bertz CT molecular complexity index is 1100. The van der Waals surface area contributed by atoms with Gasteiger partial charge in [-0.25, -0.2) is 4.98 Å². The Kier molecular flexibility index (Phi) is 16.1. The van der Waals surface area contributed by atoms with Crippen LogP contribution in [0.15, 0.2) is 11.1 Å². The molecule has 0 aliphatic rings. The third-order valence-electron chi connectivity index (χ3n) is 7.71. The highest BCUT2D eigenvalue weighted by molar-refractivity contribution is 5.75. The van der Waals surface area contributed by atoms with Gasteiger partial charge in [0.05, 0.1) is 19.5 Å². The Labute approximate surface area is 244 Å². The predicted molar refractivity (Wildman–Crippen MR) is 161 cm³/mol. The highest BCUT2D eigenvalue weighted by Crippen LogP contribution is 2.16. The Morgan fingerprint density at radius 2 is 1.63 bits per heavy atom. The molecule has 0 aromatic carbocycles. The largest absolute Gasteiger partial charge is 0.465 e. The van der Waals surface area contributed by atoms with Gasteiger partial charge in [-0.2, -0.15) is 4.98 Å². The molecule has 0 fully saturated rings. The van der Waals surface area contributed by atoms with Crippen molar-refractivity contribution in [2.75, 3.05) is 18.9 Å². The number of nitrogens with one attached hydrogen (secondary N) is 1. The van der Waals surface area contributed by atoms with E-state index in [4.69, 9.17) is 20.9 Å². The maximum atomic E-state index is 12.5. The van der Waals surface area contributed by atoms with Gasteiger partial charge in [0.25, 0.3) is 5.56 Å². The summed E-state index contributed by atoms with van der Waals surface area (Å²) in [4.78, 5) is 47.8. The summed E-state index contributed by atoms with van der Waals surface area (Å²) in [6.07, 6.45) is 16.5. The number of carbonyl (C=O) groups excluding carboxylic acids is 2. The number of ether oxygens (including phenoxy) is 2. The molecule has 232 valence electrons. The fraction of sp³-hybridized carbons (Fsp3) is 0.767. The minimum atomic E-state index is -0.682. The molecule has 1 unspecified atom stereocenters. The average Bonchev–Trinajstić information content (AvgIpc) is 3.35. The number of hydrogen-bond acceptors (Lipinski definition) is 9. The monoisotopic (exact) mass is 576 g/mol. The summed E-state index contributed by atoms with van der Waals surface area (Å²) in [5.41, 5.74) is 11.8. The highest BCUT2D eigenvalue weighted by Gasteiger charge is 2.22. The zero-order chi connectivity index (χ0) is 30.0. The number of nitrogens with two attached hydrogens (primary N) is 2. The SMILES string of the molecule is CCCCCCCCCCCCCC(=O)OCC(CCOC(=O)[C@@H](N)[C@@H](C)CC)Cn1cnc2c(=O)[nH]c(N)nc21. The van der Waals surface area contributed by atoms with E-state index in [9.17, 15) is 14.4 Å². The number of anilines is 1. The molecule has 2 rings (SSSR count). The summed E-state index contributed by atoms with van der Waals surface area (Å²) in [6.45, 7) is 6.75. The maximum absolute atomic E-state index is 12.5. The Hall–Kier alpha value is -2.95. The van der Waals surface area contributed by atoms with Gasteiger partial charge in [-0.15, -0.1) is 0 Å². The first-order valence-corrected chi connectivity index (χ1v) is 15.5. The van der Waals surface area contributed by atoms with Crippen LogP contribution in [0.1, 0.15) is 111 Å². The van der Waals surface area contributed by atoms with Crippen molar-refractivity contribution in [3.8, 4) is 0 Å². The fourth-order valence-electron chi connectivity index (χ4n) is 4.74. The Morgan fingerprint density at radius 3 is 2.27 bits per heavy atom. The van der Waals surface area contributed by atoms with E-state index in [1.807, 2.05) is 13.8 Å². The van der Waals surface area contributed by atoms with Gasteiger partial charge in [0, 0.05) is 18.9 Å².